The van der Waals surface area contributed by atoms with Crippen LogP contribution in [-0.4, -0.2) is 34.1 Å². The molecule has 1 aliphatic carbocycles. The smallest absolute Gasteiger partial charge is 0.394 e. The molecule has 7 heteroatoms. The maximum atomic E-state index is 11.2. The number of amides is 1. The fourth-order valence-electron chi connectivity index (χ4n) is 2.41. The van der Waals surface area contributed by atoms with Gasteiger partial charge in [-0.05, 0) is 31.0 Å². The average Bonchev–Trinajstić information content (AvgIpc) is 2.91. The van der Waals surface area contributed by atoms with Crippen LogP contribution in [0.15, 0.2) is 18.2 Å². The molecule has 0 bridgehead atoms. The minimum absolute atomic E-state index is 0.0297. The minimum Gasteiger partial charge on any atom is -0.478 e. The molecule has 1 aromatic carbocycles. The van der Waals surface area contributed by atoms with Crippen molar-refractivity contribution < 1.29 is 24.6 Å². The number of nitrogens with one attached hydrogen (secondary N) is 2. The third-order valence-corrected chi connectivity index (χ3v) is 3.42. The molecule has 0 spiro atoms. The molecule has 0 atom stereocenters. The van der Waals surface area contributed by atoms with Crippen LogP contribution < -0.4 is 10.6 Å². The minimum atomic E-state index is -1.67. The first-order valence-corrected chi connectivity index (χ1v) is 6.65. The zero-order valence-corrected chi connectivity index (χ0v) is 11.3. The van der Waals surface area contributed by atoms with Crippen molar-refractivity contribution in [2.45, 2.75) is 31.7 Å². The van der Waals surface area contributed by atoms with E-state index in [1.807, 2.05) is 0 Å². The lowest BCUT2D eigenvalue weighted by Crippen LogP contribution is -2.23. The molecule has 0 aliphatic heterocycles. The predicted molar refractivity (Wildman–Crippen MR) is 75.5 cm³/mol. The summed E-state index contributed by atoms with van der Waals surface area (Å²) in [7, 11) is 0. The number of carbonyl (C=O) groups is 3. The molecule has 0 aromatic heterocycles. The fraction of sp³-hybridized carbons (Fsp3) is 0.357. The first-order chi connectivity index (χ1) is 9.97. The molecule has 0 heterocycles. The highest BCUT2D eigenvalue weighted by molar-refractivity contribution is 6.36. The van der Waals surface area contributed by atoms with Crippen LogP contribution in [0, 0.1) is 0 Å². The summed E-state index contributed by atoms with van der Waals surface area (Å²) in [6.45, 7) is 0. The maximum Gasteiger partial charge on any atom is 0.394 e. The van der Waals surface area contributed by atoms with Crippen molar-refractivity contribution in [3.8, 4) is 0 Å². The average molecular weight is 292 g/mol. The predicted octanol–water partition coefficient (Wildman–Crippen LogP) is 1.76. The lowest BCUT2D eigenvalue weighted by Gasteiger charge is -2.15. The van der Waals surface area contributed by atoms with E-state index in [1.165, 1.54) is 12.1 Å². The number of carbonyl (C=O) groups excluding carboxylic acids is 1. The zero-order chi connectivity index (χ0) is 15.4. The van der Waals surface area contributed by atoms with E-state index in [1.54, 1.807) is 6.07 Å². The molecule has 2 rings (SSSR count). The third kappa shape index (κ3) is 3.71. The van der Waals surface area contributed by atoms with Crippen LogP contribution in [-0.2, 0) is 9.59 Å². The van der Waals surface area contributed by atoms with Gasteiger partial charge in [0.05, 0.1) is 11.3 Å². The van der Waals surface area contributed by atoms with E-state index in [2.05, 4.69) is 10.6 Å². The first-order valence-electron chi connectivity index (χ1n) is 6.65. The number of hydrogen-bond donors (Lipinski definition) is 4. The highest BCUT2D eigenvalue weighted by Gasteiger charge is 2.19. The van der Waals surface area contributed by atoms with Crippen molar-refractivity contribution in [2.24, 2.45) is 0 Å². The first kappa shape index (κ1) is 14.8. The lowest BCUT2D eigenvalue weighted by molar-refractivity contribution is -0.147. The van der Waals surface area contributed by atoms with Gasteiger partial charge in [-0.25, -0.2) is 9.59 Å². The van der Waals surface area contributed by atoms with E-state index in [0.29, 0.717) is 11.7 Å². The van der Waals surface area contributed by atoms with Crippen molar-refractivity contribution in [1.29, 1.82) is 0 Å². The number of benzene rings is 1. The van der Waals surface area contributed by atoms with Crippen LogP contribution in [0.25, 0.3) is 0 Å². The summed E-state index contributed by atoms with van der Waals surface area (Å²) in [5.74, 6) is -4.17. The highest BCUT2D eigenvalue weighted by Crippen LogP contribution is 2.26. The molecule has 0 saturated heterocycles. The number of carboxylic acid groups (broad SMARTS) is 2. The van der Waals surface area contributed by atoms with Crippen molar-refractivity contribution in [3.63, 3.8) is 0 Å². The van der Waals surface area contributed by atoms with Crippen LogP contribution in [0.4, 0.5) is 11.4 Å². The Labute approximate surface area is 121 Å². The van der Waals surface area contributed by atoms with Gasteiger partial charge in [0.1, 0.15) is 0 Å². The Morgan fingerprint density at radius 2 is 1.76 bits per heavy atom. The standard InChI is InChI=1S/C14H16N2O5/c17-12(14(20)21)16-11-7-9(5-6-10(11)13(18)19)15-8-3-1-2-4-8/h5-8,15H,1-4H2,(H,16,17)(H,18,19)(H,20,21). The van der Waals surface area contributed by atoms with Crippen LogP contribution in [0.1, 0.15) is 36.0 Å². The second-order valence-electron chi connectivity index (χ2n) is 4.95. The summed E-state index contributed by atoms with van der Waals surface area (Å²) < 4.78 is 0. The topological polar surface area (TPSA) is 116 Å². The molecule has 7 nitrogen and oxygen atoms in total. The van der Waals surface area contributed by atoms with E-state index in [-0.39, 0.29) is 11.3 Å². The fourth-order valence-corrected chi connectivity index (χ4v) is 2.41. The molecule has 1 fully saturated rings. The number of hydrogen-bond acceptors (Lipinski definition) is 4. The van der Waals surface area contributed by atoms with Crippen LogP contribution in [0.5, 0.6) is 0 Å². The van der Waals surface area contributed by atoms with Gasteiger partial charge in [0, 0.05) is 11.7 Å². The number of carboxylic acids is 2. The summed E-state index contributed by atoms with van der Waals surface area (Å²) in [6, 6.07) is 4.72. The Hall–Kier alpha value is -2.57. The molecule has 1 amide bonds. The SMILES string of the molecule is O=C(O)C(=O)Nc1cc(NC2CCCC2)ccc1C(=O)O. The lowest BCUT2D eigenvalue weighted by atomic mass is 10.1. The van der Waals surface area contributed by atoms with E-state index in [9.17, 15) is 14.4 Å². The largest absolute Gasteiger partial charge is 0.478 e. The quantitative estimate of drug-likeness (QED) is 0.628. The molecule has 0 radical (unpaired) electrons. The zero-order valence-electron chi connectivity index (χ0n) is 11.3. The summed E-state index contributed by atoms with van der Waals surface area (Å²) in [5, 5.41) is 23.0. The highest BCUT2D eigenvalue weighted by atomic mass is 16.4. The van der Waals surface area contributed by atoms with Crippen molar-refractivity contribution in [1.82, 2.24) is 0 Å². The van der Waals surface area contributed by atoms with Crippen LogP contribution in [0.2, 0.25) is 0 Å². The summed E-state index contributed by atoms with van der Waals surface area (Å²) >= 11 is 0. The summed E-state index contributed by atoms with van der Waals surface area (Å²) in [4.78, 5) is 32.9. The van der Waals surface area contributed by atoms with E-state index in [0.717, 1.165) is 25.7 Å². The summed E-state index contributed by atoms with van der Waals surface area (Å²) in [6.07, 6.45) is 4.37. The van der Waals surface area contributed by atoms with Gasteiger partial charge in [0.15, 0.2) is 0 Å². The van der Waals surface area contributed by atoms with Gasteiger partial charge in [-0.2, -0.15) is 0 Å². The Balaban J connectivity index is 2.22. The number of anilines is 2. The number of aromatic carboxylic acids is 1. The van der Waals surface area contributed by atoms with Crippen molar-refractivity contribution in [2.75, 3.05) is 10.6 Å². The number of aliphatic carboxylic acids is 1. The van der Waals surface area contributed by atoms with E-state index in [4.69, 9.17) is 10.2 Å². The number of rotatable bonds is 4. The summed E-state index contributed by atoms with van der Waals surface area (Å²) in [5.41, 5.74) is 0.479. The molecular weight excluding hydrogens is 276 g/mol. The molecule has 0 unspecified atom stereocenters. The molecule has 112 valence electrons. The normalized spacial score (nSPS) is 14.7. The van der Waals surface area contributed by atoms with Crippen LogP contribution >= 0.6 is 0 Å². The molecule has 1 aromatic rings. The Morgan fingerprint density at radius 3 is 2.33 bits per heavy atom. The third-order valence-electron chi connectivity index (χ3n) is 3.42. The Morgan fingerprint density at radius 1 is 1.10 bits per heavy atom. The Kier molecular flexibility index (Phi) is 4.42. The molecule has 21 heavy (non-hydrogen) atoms. The van der Waals surface area contributed by atoms with Gasteiger partial charge < -0.3 is 20.8 Å². The van der Waals surface area contributed by atoms with E-state index >= 15 is 0 Å². The van der Waals surface area contributed by atoms with Crippen molar-refractivity contribution in [3.05, 3.63) is 23.8 Å². The molecule has 1 aliphatic rings. The monoisotopic (exact) mass is 292 g/mol. The Bertz CT molecular complexity index is 579. The van der Waals surface area contributed by atoms with Gasteiger partial charge in [-0.15, -0.1) is 0 Å². The second kappa shape index (κ2) is 6.25. The van der Waals surface area contributed by atoms with Gasteiger partial charge in [-0.1, -0.05) is 12.8 Å². The van der Waals surface area contributed by atoms with Gasteiger partial charge in [-0.3, -0.25) is 4.79 Å². The van der Waals surface area contributed by atoms with Crippen molar-refractivity contribution >= 4 is 29.2 Å². The molecular formula is C14H16N2O5. The van der Waals surface area contributed by atoms with Gasteiger partial charge >= 0.3 is 17.8 Å². The van der Waals surface area contributed by atoms with Gasteiger partial charge in [0.2, 0.25) is 0 Å². The molecule has 4 N–H and O–H groups in total. The second-order valence-corrected chi connectivity index (χ2v) is 4.95. The van der Waals surface area contributed by atoms with Gasteiger partial charge in [0.25, 0.3) is 0 Å². The van der Waals surface area contributed by atoms with E-state index < -0.39 is 17.8 Å². The van der Waals surface area contributed by atoms with Crippen LogP contribution in [0.3, 0.4) is 0 Å². The maximum absolute atomic E-state index is 11.2. The molecule has 1 saturated carbocycles.